The number of amides is 1. The Balaban J connectivity index is 2.25. The van der Waals surface area contributed by atoms with E-state index in [-0.39, 0.29) is 5.91 Å². The maximum Gasteiger partial charge on any atom is 0.326 e. The Morgan fingerprint density at radius 2 is 2.04 bits per heavy atom. The van der Waals surface area contributed by atoms with Crippen molar-refractivity contribution in [2.24, 2.45) is 0 Å². The third-order valence-corrected chi connectivity index (χ3v) is 4.31. The minimum Gasteiger partial charge on any atom is -0.493 e. The van der Waals surface area contributed by atoms with E-state index < -0.39 is 12.0 Å². The average molecular weight is 351 g/mol. The summed E-state index contributed by atoms with van der Waals surface area (Å²) in [6.07, 6.45) is 1.94. The molecule has 2 rings (SSSR count). The van der Waals surface area contributed by atoms with Crippen molar-refractivity contribution in [3.63, 3.8) is 0 Å². The van der Waals surface area contributed by atoms with Gasteiger partial charge in [-0.3, -0.25) is 4.79 Å². The molecule has 1 N–H and O–H groups in total. The minimum atomic E-state index is -0.975. The molecule has 0 aromatic heterocycles. The smallest absolute Gasteiger partial charge is 0.326 e. The lowest BCUT2D eigenvalue weighted by Crippen LogP contribution is -2.55. The van der Waals surface area contributed by atoms with Gasteiger partial charge >= 0.3 is 5.97 Å². The number of carboxylic acid groups (broad SMARTS) is 1. The minimum absolute atomic E-state index is 0.300. The maximum absolute atomic E-state index is 12.7. The summed E-state index contributed by atoms with van der Waals surface area (Å²) in [5, 5.41) is 9.15. The van der Waals surface area contributed by atoms with Gasteiger partial charge in [-0.1, -0.05) is 0 Å². The van der Waals surface area contributed by atoms with Crippen LogP contribution in [0, 0.1) is 0 Å². The number of aryl methyl sites for hydroxylation is 1. The molecule has 25 heavy (non-hydrogen) atoms. The number of aliphatic carboxylic acids is 1. The van der Waals surface area contributed by atoms with Crippen molar-refractivity contribution in [1.82, 2.24) is 4.90 Å². The van der Waals surface area contributed by atoms with E-state index in [1.165, 1.54) is 12.0 Å². The first-order chi connectivity index (χ1) is 12.0. The fraction of sp³-hybridized carbons (Fsp3) is 0.556. The van der Waals surface area contributed by atoms with E-state index in [4.69, 9.17) is 19.3 Å². The summed E-state index contributed by atoms with van der Waals surface area (Å²) in [5.74, 6) is -0.219. The van der Waals surface area contributed by atoms with Gasteiger partial charge < -0.3 is 24.2 Å². The Morgan fingerprint density at radius 3 is 2.56 bits per heavy atom. The summed E-state index contributed by atoms with van der Waals surface area (Å²) < 4.78 is 16.1. The van der Waals surface area contributed by atoms with E-state index in [0.717, 1.165) is 12.0 Å². The SMILES string of the molecule is CCOCCCc1cc(C(=O)N2CC[C@@H]2C(=O)O)cc(OC)c1OC. The van der Waals surface area contributed by atoms with Gasteiger partial charge in [0.1, 0.15) is 6.04 Å². The largest absolute Gasteiger partial charge is 0.493 e. The molecule has 7 nitrogen and oxygen atoms in total. The molecule has 0 radical (unpaired) electrons. The molecule has 1 fully saturated rings. The summed E-state index contributed by atoms with van der Waals surface area (Å²) in [7, 11) is 3.07. The van der Waals surface area contributed by atoms with Gasteiger partial charge in [-0.2, -0.15) is 0 Å². The Morgan fingerprint density at radius 1 is 1.28 bits per heavy atom. The predicted octanol–water partition coefficient (Wildman–Crippen LogP) is 1.97. The van der Waals surface area contributed by atoms with Gasteiger partial charge in [-0.05, 0) is 43.9 Å². The first-order valence-corrected chi connectivity index (χ1v) is 8.39. The number of carbonyl (C=O) groups is 2. The number of hydrogen-bond acceptors (Lipinski definition) is 5. The fourth-order valence-electron chi connectivity index (χ4n) is 2.91. The number of hydrogen-bond donors (Lipinski definition) is 1. The lowest BCUT2D eigenvalue weighted by Gasteiger charge is -2.38. The Labute approximate surface area is 147 Å². The highest BCUT2D eigenvalue weighted by molar-refractivity contribution is 5.98. The van der Waals surface area contributed by atoms with Gasteiger partial charge in [0, 0.05) is 25.3 Å². The van der Waals surface area contributed by atoms with E-state index >= 15 is 0 Å². The fourth-order valence-corrected chi connectivity index (χ4v) is 2.91. The highest BCUT2D eigenvalue weighted by Crippen LogP contribution is 2.34. The van der Waals surface area contributed by atoms with Crippen LogP contribution in [-0.4, -0.2) is 61.9 Å². The van der Waals surface area contributed by atoms with Gasteiger partial charge in [0.2, 0.25) is 0 Å². The van der Waals surface area contributed by atoms with Crippen LogP contribution in [0.3, 0.4) is 0 Å². The zero-order chi connectivity index (χ0) is 18.4. The van der Waals surface area contributed by atoms with Crippen LogP contribution >= 0.6 is 0 Å². The lowest BCUT2D eigenvalue weighted by atomic mass is 9.99. The van der Waals surface area contributed by atoms with Crippen LogP contribution in [0.2, 0.25) is 0 Å². The molecule has 1 aliphatic rings. The van der Waals surface area contributed by atoms with E-state index in [2.05, 4.69) is 0 Å². The topological polar surface area (TPSA) is 85.3 Å². The van der Waals surface area contributed by atoms with Crippen molar-refractivity contribution in [2.45, 2.75) is 32.2 Å². The number of ether oxygens (including phenoxy) is 3. The molecule has 0 aliphatic carbocycles. The molecule has 1 aliphatic heterocycles. The third kappa shape index (κ3) is 4.22. The van der Waals surface area contributed by atoms with Crippen LogP contribution < -0.4 is 9.47 Å². The van der Waals surface area contributed by atoms with Crippen LogP contribution in [0.25, 0.3) is 0 Å². The van der Waals surface area contributed by atoms with Crippen LogP contribution in [0.5, 0.6) is 11.5 Å². The summed E-state index contributed by atoms with van der Waals surface area (Å²) in [6, 6.07) is 2.61. The van der Waals surface area contributed by atoms with Crippen molar-refractivity contribution in [2.75, 3.05) is 34.0 Å². The molecule has 138 valence electrons. The molecule has 1 aromatic carbocycles. The maximum atomic E-state index is 12.7. The molecule has 1 aromatic rings. The third-order valence-electron chi connectivity index (χ3n) is 4.31. The first-order valence-electron chi connectivity index (χ1n) is 8.39. The monoisotopic (exact) mass is 351 g/mol. The number of carboxylic acids is 1. The molecule has 0 unspecified atom stereocenters. The van der Waals surface area contributed by atoms with Gasteiger partial charge in [-0.15, -0.1) is 0 Å². The number of benzene rings is 1. The number of carbonyl (C=O) groups excluding carboxylic acids is 1. The molecule has 0 saturated carbocycles. The summed E-state index contributed by atoms with van der Waals surface area (Å²) in [5.41, 5.74) is 1.26. The van der Waals surface area contributed by atoms with E-state index in [9.17, 15) is 9.59 Å². The normalized spacial score (nSPS) is 16.3. The molecule has 1 atom stereocenters. The van der Waals surface area contributed by atoms with Crippen molar-refractivity contribution >= 4 is 11.9 Å². The first kappa shape index (κ1) is 19.1. The average Bonchev–Trinajstić information content (AvgIpc) is 2.56. The summed E-state index contributed by atoms with van der Waals surface area (Å²) >= 11 is 0. The Bertz CT molecular complexity index is 630. The lowest BCUT2D eigenvalue weighted by molar-refractivity contribution is -0.146. The predicted molar refractivity (Wildman–Crippen MR) is 91.4 cm³/mol. The molecule has 0 bridgehead atoms. The quantitative estimate of drug-likeness (QED) is 0.685. The second-order valence-corrected chi connectivity index (χ2v) is 5.81. The molecular formula is C18H25NO6. The van der Waals surface area contributed by atoms with Crippen molar-refractivity contribution < 1.29 is 28.9 Å². The van der Waals surface area contributed by atoms with Crippen LogP contribution in [-0.2, 0) is 16.0 Å². The number of nitrogens with zero attached hydrogens (tertiary/aromatic N) is 1. The van der Waals surface area contributed by atoms with Crippen LogP contribution in [0.15, 0.2) is 12.1 Å². The highest BCUT2D eigenvalue weighted by Gasteiger charge is 2.38. The molecule has 0 spiro atoms. The van der Waals surface area contributed by atoms with Crippen LogP contribution in [0.1, 0.15) is 35.7 Å². The molecule has 7 heteroatoms. The second-order valence-electron chi connectivity index (χ2n) is 5.81. The Kier molecular flexibility index (Phi) is 6.64. The molecular weight excluding hydrogens is 326 g/mol. The second kappa shape index (κ2) is 8.71. The zero-order valence-electron chi connectivity index (χ0n) is 14.9. The zero-order valence-corrected chi connectivity index (χ0v) is 14.9. The van der Waals surface area contributed by atoms with E-state index in [1.54, 1.807) is 19.2 Å². The summed E-state index contributed by atoms with van der Waals surface area (Å²) in [4.78, 5) is 25.2. The van der Waals surface area contributed by atoms with Crippen molar-refractivity contribution in [3.8, 4) is 11.5 Å². The van der Waals surface area contributed by atoms with Crippen molar-refractivity contribution in [1.29, 1.82) is 0 Å². The van der Waals surface area contributed by atoms with Gasteiger partial charge in [0.05, 0.1) is 14.2 Å². The van der Waals surface area contributed by atoms with Gasteiger partial charge in [0.15, 0.2) is 11.5 Å². The van der Waals surface area contributed by atoms with Crippen LogP contribution in [0.4, 0.5) is 0 Å². The number of rotatable bonds is 9. The van der Waals surface area contributed by atoms with E-state index in [0.29, 0.717) is 49.7 Å². The van der Waals surface area contributed by atoms with Crippen molar-refractivity contribution in [3.05, 3.63) is 23.3 Å². The number of methoxy groups -OCH3 is 2. The number of likely N-dealkylation sites (tertiary alicyclic amines) is 1. The standard InChI is InChI=1S/C18H25NO6/c1-4-25-9-5-6-12-10-13(11-15(23-2)16(12)24-3)17(20)19-8-7-14(19)18(21)22/h10-11,14H,4-9H2,1-3H3,(H,21,22)/t14-/m1/s1. The molecule has 1 amide bonds. The summed E-state index contributed by atoms with van der Waals surface area (Å²) in [6.45, 7) is 3.66. The Hall–Kier alpha value is -2.28. The van der Waals surface area contributed by atoms with Gasteiger partial charge in [-0.25, -0.2) is 4.79 Å². The van der Waals surface area contributed by atoms with Gasteiger partial charge in [0.25, 0.3) is 5.91 Å². The highest BCUT2D eigenvalue weighted by atomic mass is 16.5. The van der Waals surface area contributed by atoms with E-state index in [1.807, 2.05) is 6.92 Å². The molecule has 1 heterocycles. The molecule has 1 saturated heterocycles.